The molecule has 94 valence electrons. The predicted molar refractivity (Wildman–Crippen MR) is 64.1 cm³/mol. The van der Waals surface area contributed by atoms with E-state index in [-0.39, 0.29) is 12.0 Å². The van der Waals surface area contributed by atoms with E-state index in [9.17, 15) is 9.90 Å². The van der Waals surface area contributed by atoms with Crippen molar-refractivity contribution in [3.63, 3.8) is 0 Å². The van der Waals surface area contributed by atoms with Gasteiger partial charge in [0.2, 0.25) is 5.91 Å². The molecule has 1 amide bonds. The molecule has 3 N–H and O–H groups in total. The summed E-state index contributed by atoms with van der Waals surface area (Å²) in [4.78, 5) is 11.3. The first-order valence-corrected chi connectivity index (χ1v) is 6.25. The quantitative estimate of drug-likeness (QED) is 0.567. The molecule has 1 saturated carbocycles. The Bertz CT molecular complexity index is 215. The zero-order valence-corrected chi connectivity index (χ0v) is 10.3. The lowest BCUT2D eigenvalue weighted by atomic mass is 10.1. The van der Waals surface area contributed by atoms with Gasteiger partial charge < -0.3 is 15.7 Å². The van der Waals surface area contributed by atoms with Gasteiger partial charge in [-0.15, -0.1) is 0 Å². The van der Waals surface area contributed by atoms with Crippen molar-refractivity contribution in [2.24, 2.45) is 11.8 Å². The average molecular weight is 228 g/mol. The van der Waals surface area contributed by atoms with Gasteiger partial charge in [0.05, 0.1) is 12.6 Å². The van der Waals surface area contributed by atoms with E-state index in [0.29, 0.717) is 24.9 Å². The molecule has 0 spiro atoms. The second-order valence-electron chi connectivity index (χ2n) is 5.07. The largest absolute Gasteiger partial charge is 0.392 e. The summed E-state index contributed by atoms with van der Waals surface area (Å²) >= 11 is 0. The summed E-state index contributed by atoms with van der Waals surface area (Å²) in [6.45, 7) is 5.85. The number of amides is 1. The molecule has 4 nitrogen and oxygen atoms in total. The second-order valence-corrected chi connectivity index (χ2v) is 5.07. The smallest absolute Gasteiger partial charge is 0.233 e. The van der Waals surface area contributed by atoms with E-state index in [0.717, 1.165) is 25.8 Å². The highest BCUT2D eigenvalue weighted by Crippen LogP contribution is 2.32. The number of carbonyl (C=O) groups excluding carboxylic acids is 1. The lowest BCUT2D eigenvalue weighted by Gasteiger charge is -2.11. The summed E-state index contributed by atoms with van der Waals surface area (Å²) in [6, 6.07) is 0. The normalized spacial score (nSPS) is 17.5. The molecular formula is C12H24N2O2. The van der Waals surface area contributed by atoms with Crippen LogP contribution in [0.1, 0.15) is 33.1 Å². The maximum absolute atomic E-state index is 11.3. The lowest BCUT2D eigenvalue weighted by Crippen LogP contribution is -2.38. The van der Waals surface area contributed by atoms with Crippen molar-refractivity contribution in [2.45, 2.75) is 39.2 Å². The highest BCUT2D eigenvalue weighted by molar-refractivity contribution is 5.77. The maximum Gasteiger partial charge on any atom is 0.233 e. The van der Waals surface area contributed by atoms with Gasteiger partial charge in [-0.1, -0.05) is 13.8 Å². The molecule has 16 heavy (non-hydrogen) atoms. The number of rotatable bonds is 8. The van der Waals surface area contributed by atoms with Gasteiger partial charge in [-0.2, -0.15) is 0 Å². The number of carbonyl (C=O) groups is 1. The molecular weight excluding hydrogens is 204 g/mol. The fraction of sp³-hybridized carbons (Fsp3) is 0.917. The topological polar surface area (TPSA) is 61.4 Å². The van der Waals surface area contributed by atoms with Crippen LogP contribution >= 0.6 is 0 Å². The zero-order chi connectivity index (χ0) is 12.0. The summed E-state index contributed by atoms with van der Waals surface area (Å²) in [6.07, 6.45) is 2.99. The summed E-state index contributed by atoms with van der Waals surface area (Å²) in [5.41, 5.74) is 0. The number of nitrogens with one attached hydrogen (secondary N) is 2. The van der Waals surface area contributed by atoms with Crippen molar-refractivity contribution in [3.8, 4) is 0 Å². The Morgan fingerprint density at radius 2 is 2.12 bits per heavy atom. The minimum absolute atomic E-state index is 0.0173. The molecule has 0 saturated heterocycles. The molecule has 0 aromatic rings. The van der Waals surface area contributed by atoms with E-state index < -0.39 is 0 Å². The minimum Gasteiger partial charge on any atom is -0.392 e. The number of hydrogen-bond donors (Lipinski definition) is 3. The average Bonchev–Trinajstić information content (AvgIpc) is 2.99. The molecule has 1 fully saturated rings. The molecule has 1 unspecified atom stereocenters. The Hall–Kier alpha value is -0.610. The van der Waals surface area contributed by atoms with Gasteiger partial charge in [-0.3, -0.25) is 4.79 Å². The standard InChI is InChI=1S/C12H24N2O2/c1-9(2)5-6-14-12(16)8-13-7-11(15)10-3-4-10/h9-11,13,15H,3-8H2,1-2H3,(H,14,16). The van der Waals surface area contributed by atoms with Gasteiger partial charge in [-0.25, -0.2) is 0 Å². The number of hydrogen-bond acceptors (Lipinski definition) is 3. The van der Waals surface area contributed by atoms with E-state index in [1.165, 1.54) is 0 Å². The van der Waals surface area contributed by atoms with Crippen molar-refractivity contribution in [3.05, 3.63) is 0 Å². The highest BCUT2D eigenvalue weighted by atomic mass is 16.3. The SMILES string of the molecule is CC(C)CCNC(=O)CNCC(O)C1CC1. The van der Waals surface area contributed by atoms with Crippen LogP contribution < -0.4 is 10.6 Å². The first kappa shape index (κ1) is 13.5. The molecule has 4 heteroatoms. The molecule has 1 aliphatic carbocycles. The van der Waals surface area contributed by atoms with Crippen molar-refractivity contribution in [1.29, 1.82) is 0 Å². The molecule has 0 radical (unpaired) electrons. The monoisotopic (exact) mass is 228 g/mol. The highest BCUT2D eigenvalue weighted by Gasteiger charge is 2.29. The Morgan fingerprint density at radius 3 is 2.69 bits per heavy atom. The molecule has 0 aliphatic heterocycles. The molecule has 0 bridgehead atoms. The third kappa shape index (κ3) is 6.08. The van der Waals surface area contributed by atoms with Crippen LogP contribution in [0.5, 0.6) is 0 Å². The predicted octanol–water partition coefficient (Wildman–Crippen LogP) is 0.509. The van der Waals surface area contributed by atoms with Gasteiger partial charge in [0.25, 0.3) is 0 Å². The van der Waals surface area contributed by atoms with Gasteiger partial charge in [-0.05, 0) is 31.1 Å². The molecule has 0 heterocycles. The van der Waals surface area contributed by atoms with Crippen LogP contribution in [0.15, 0.2) is 0 Å². The second kappa shape index (κ2) is 6.86. The third-order valence-corrected chi connectivity index (χ3v) is 2.85. The van der Waals surface area contributed by atoms with Crippen LogP contribution in [-0.4, -0.2) is 36.8 Å². The Balaban J connectivity index is 1.93. The van der Waals surface area contributed by atoms with Crippen molar-refractivity contribution >= 4 is 5.91 Å². The summed E-state index contributed by atoms with van der Waals surface area (Å²) in [5.74, 6) is 1.10. The van der Waals surface area contributed by atoms with E-state index >= 15 is 0 Å². The third-order valence-electron chi connectivity index (χ3n) is 2.85. The van der Waals surface area contributed by atoms with Crippen LogP contribution in [0.3, 0.4) is 0 Å². The molecule has 0 aromatic carbocycles. The minimum atomic E-state index is -0.275. The zero-order valence-electron chi connectivity index (χ0n) is 10.3. The van der Waals surface area contributed by atoms with E-state index in [1.54, 1.807) is 0 Å². The van der Waals surface area contributed by atoms with Gasteiger partial charge in [0.1, 0.15) is 0 Å². The molecule has 0 aromatic heterocycles. The van der Waals surface area contributed by atoms with E-state index in [4.69, 9.17) is 0 Å². The fourth-order valence-electron chi connectivity index (χ4n) is 1.54. The van der Waals surface area contributed by atoms with Crippen LogP contribution in [0.2, 0.25) is 0 Å². The van der Waals surface area contributed by atoms with Crippen LogP contribution in [0, 0.1) is 11.8 Å². The number of aliphatic hydroxyl groups excluding tert-OH is 1. The van der Waals surface area contributed by atoms with Gasteiger partial charge in [0.15, 0.2) is 0 Å². The Morgan fingerprint density at radius 1 is 1.44 bits per heavy atom. The summed E-state index contributed by atoms with van der Waals surface area (Å²) in [5, 5.41) is 15.4. The Labute approximate surface area is 97.8 Å². The fourth-order valence-corrected chi connectivity index (χ4v) is 1.54. The summed E-state index contributed by atoms with van der Waals surface area (Å²) < 4.78 is 0. The summed E-state index contributed by atoms with van der Waals surface area (Å²) in [7, 11) is 0. The van der Waals surface area contributed by atoms with Crippen LogP contribution in [0.4, 0.5) is 0 Å². The van der Waals surface area contributed by atoms with Gasteiger partial charge in [0, 0.05) is 13.1 Å². The van der Waals surface area contributed by atoms with Crippen LogP contribution in [-0.2, 0) is 4.79 Å². The molecule has 1 atom stereocenters. The maximum atomic E-state index is 11.3. The van der Waals surface area contributed by atoms with Crippen LogP contribution in [0.25, 0.3) is 0 Å². The molecule has 1 rings (SSSR count). The van der Waals surface area contributed by atoms with Gasteiger partial charge >= 0.3 is 0 Å². The van der Waals surface area contributed by atoms with Crippen molar-refractivity contribution < 1.29 is 9.90 Å². The first-order valence-electron chi connectivity index (χ1n) is 6.25. The van der Waals surface area contributed by atoms with E-state index in [1.807, 2.05) is 0 Å². The van der Waals surface area contributed by atoms with Crippen molar-refractivity contribution in [2.75, 3.05) is 19.6 Å². The molecule has 1 aliphatic rings. The Kier molecular flexibility index (Phi) is 5.77. The number of aliphatic hydroxyl groups is 1. The first-order chi connectivity index (χ1) is 7.59. The van der Waals surface area contributed by atoms with E-state index in [2.05, 4.69) is 24.5 Å². The lowest BCUT2D eigenvalue weighted by molar-refractivity contribution is -0.120. The van der Waals surface area contributed by atoms with Crippen molar-refractivity contribution in [1.82, 2.24) is 10.6 Å².